The quantitative estimate of drug-likeness (QED) is 0.911. The van der Waals surface area contributed by atoms with Crippen LogP contribution in [0.2, 0.25) is 5.02 Å². The molecule has 1 aromatic carbocycles. The first-order valence-electron chi connectivity index (χ1n) is 7.21. The lowest BCUT2D eigenvalue weighted by molar-refractivity contribution is -0.140. The van der Waals surface area contributed by atoms with Crippen molar-refractivity contribution in [2.75, 3.05) is 13.1 Å². The smallest absolute Gasteiger partial charge is 0.233 e. The summed E-state index contributed by atoms with van der Waals surface area (Å²) in [4.78, 5) is 14.7. The minimum Gasteiger partial charge on any atom is -0.388 e. The maximum absolute atomic E-state index is 12.9. The van der Waals surface area contributed by atoms with Crippen molar-refractivity contribution in [2.45, 2.75) is 43.6 Å². The van der Waals surface area contributed by atoms with E-state index in [9.17, 15) is 9.90 Å². The average molecular weight is 294 g/mol. The summed E-state index contributed by atoms with van der Waals surface area (Å²) in [6.45, 7) is 2.88. The van der Waals surface area contributed by atoms with Crippen LogP contribution >= 0.6 is 11.6 Å². The van der Waals surface area contributed by atoms with Crippen LogP contribution in [0, 0.1) is 0 Å². The molecule has 1 atom stereocenters. The van der Waals surface area contributed by atoms with Gasteiger partial charge in [0, 0.05) is 18.1 Å². The second kappa shape index (κ2) is 4.74. The molecule has 0 radical (unpaired) electrons. The van der Waals surface area contributed by atoms with E-state index in [4.69, 9.17) is 11.6 Å². The van der Waals surface area contributed by atoms with Crippen LogP contribution in [-0.4, -0.2) is 34.6 Å². The van der Waals surface area contributed by atoms with Gasteiger partial charge in [0.15, 0.2) is 0 Å². The first kappa shape index (κ1) is 13.9. The third-order valence-electron chi connectivity index (χ3n) is 4.73. The molecule has 3 rings (SSSR count). The third kappa shape index (κ3) is 2.23. The highest BCUT2D eigenvalue weighted by Gasteiger charge is 2.49. The second-order valence-electron chi connectivity index (χ2n) is 6.42. The van der Waals surface area contributed by atoms with E-state index in [1.807, 2.05) is 29.2 Å². The van der Waals surface area contributed by atoms with E-state index in [1.54, 1.807) is 6.92 Å². The predicted molar refractivity (Wildman–Crippen MR) is 78.8 cm³/mol. The van der Waals surface area contributed by atoms with Crippen LogP contribution in [0.1, 0.15) is 38.2 Å². The van der Waals surface area contributed by atoms with Crippen molar-refractivity contribution in [1.82, 2.24) is 4.90 Å². The number of likely N-dealkylation sites (tertiary alicyclic amines) is 1. The molecule has 1 N–H and O–H groups in total. The number of aliphatic hydroxyl groups is 1. The highest BCUT2D eigenvalue weighted by molar-refractivity contribution is 6.30. The molecule has 3 nitrogen and oxygen atoms in total. The normalized spacial score (nSPS) is 28.2. The number of halogens is 1. The monoisotopic (exact) mass is 293 g/mol. The first-order chi connectivity index (χ1) is 9.43. The van der Waals surface area contributed by atoms with Crippen LogP contribution in [-0.2, 0) is 10.2 Å². The Kier molecular flexibility index (Phi) is 3.30. The van der Waals surface area contributed by atoms with Gasteiger partial charge in [-0.3, -0.25) is 4.79 Å². The van der Waals surface area contributed by atoms with Gasteiger partial charge < -0.3 is 10.0 Å². The van der Waals surface area contributed by atoms with Crippen molar-refractivity contribution < 1.29 is 9.90 Å². The Balaban J connectivity index is 1.88. The lowest BCUT2D eigenvalue weighted by Crippen LogP contribution is -2.51. The molecule has 108 valence electrons. The Morgan fingerprint density at radius 3 is 2.60 bits per heavy atom. The molecule has 1 aliphatic heterocycles. The lowest BCUT2D eigenvalue weighted by Gasteiger charge is -2.43. The van der Waals surface area contributed by atoms with Crippen molar-refractivity contribution in [2.24, 2.45) is 0 Å². The number of β-amino-alcohol motifs (C(OH)–C–C–N with tert-alkyl or cyclic N) is 1. The van der Waals surface area contributed by atoms with E-state index in [0.717, 1.165) is 24.8 Å². The molecule has 1 heterocycles. The van der Waals surface area contributed by atoms with Crippen molar-refractivity contribution in [3.8, 4) is 0 Å². The van der Waals surface area contributed by atoms with Crippen molar-refractivity contribution in [3.63, 3.8) is 0 Å². The fourth-order valence-corrected chi connectivity index (χ4v) is 3.55. The number of carbonyl (C=O) groups is 1. The molecule has 1 amide bonds. The van der Waals surface area contributed by atoms with Crippen LogP contribution in [0.5, 0.6) is 0 Å². The number of benzene rings is 1. The fraction of sp³-hybridized carbons (Fsp3) is 0.562. The van der Waals surface area contributed by atoms with E-state index in [2.05, 4.69) is 0 Å². The molecule has 2 fully saturated rings. The number of amides is 1. The summed E-state index contributed by atoms with van der Waals surface area (Å²) in [5.74, 6) is 0.156. The van der Waals surface area contributed by atoms with Crippen LogP contribution < -0.4 is 0 Å². The summed E-state index contributed by atoms with van der Waals surface area (Å²) >= 11 is 6.08. The predicted octanol–water partition coefficient (Wildman–Crippen LogP) is 2.75. The number of hydrogen-bond donors (Lipinski definition) is 1. The third-order valence-corrected chi connectivity index (χ3v) is 4.97. The zero-order chi connectivity index (χ0) is 14.4. The van der Waals surface area contributed by atoms with Crippen LogP contribution in [0.4, 0.5) is 0 Å². The second-order valence-corrected chi connectivity index (χ2v) is 6.86. The minimum atomic E-state index is -0.741. The van der Waals surface area contributed by atoms with Crippen LogP contribution in [0.3, 0.4) is 0 Å². The minimum absolute atomic E-state index is 0.156. The molecule has 0 aromatic heterocycles. The van der Waals surface area contributed by atoms with Crippen LogP contribution in [0.15, 0.2) is 24.3 Å². The molecule has 1 unspecified atom stereocenters. The van der Waals surface area contributed by atoms with Gasteiger partial charge in [0.05, 0.1) is 11.0 Å². The zero-order valence-corrected chi connectivity index (χ0v) is 12.5. The molecule has 1 aliphatic carbocycles. The molecule has 1 aromatic rings. The number of nitrogens with zero attached hydrogens (tertiary/aromatic N) is 1. The number of rotatable bonds is 2. The van der Waals surface area contributed by atoms with Crippen LogP contribution in [0.25, 0.3) is 0 Å². The van der Waals surface area contributed by atoms with E-state index in [0.29, 0.717) is 24.5 Å². The molecule has 1 saturated carbocycles. The van der Waals surface area contributed by atoms with Gasteiger partial charge in [-0.25, -0.2) is 0 Å². The Labute approximate surface area is 124 Å². The summed E-state index contributed by atoms with van der Waals surface area (Å²) in [5, 5.41) is 10.7. The summed E-state index contributed by atoms with van der Waals surface area (Å²) in [7, 11) is 0. The highest BCUT2D eigenvalue weighted by Crippen LogP contribution is 2.46. The van der Waals surface area contributed by atoms with E-state index in [-0.39, 0.29) is 5.91 Å². The molecule has 20 heavy (non-hydrogen) atoms. The SMILES string of the molecule is CC1(O)CCN(C(=O)C2(c3cccc(Cl)c3)CCC2)C1. The van der Waals surface area contributed by atoms with Crippen molar-refractivity contribution in [1.29, 1.82) is 0 Å². The molecular weight excluding hydrogens is 274 g/mol. The molecule has 0 bridgehead atoms. The van der Waals surface area contributed by atoms with Gasteiger partial charge in [0.25, 0.3) is 0 Å². The van der Waals surface area contributed by atoms with Gasteiger partial charge >= 0.3 is 0 Å². The number of carbonyl (C=O) groups excluding carboxylic acids is 1. The molecular formula is C16H20ClNO2. The van der Waals surface area contributed by atoms with Gasteiger partial charge in [-0.2, -0.15) is 0 Å². The van der Waals surface area contributed by atoms with Gasteiger partial charge in [-0.15, -0.1) is 0 Å². The lowest BCUT2D eigenvalue weighted by atomic mass is 9.63. The average Bonchev–Trinajstić information content (AvgIpc) is 2.68. The van der Waals surface area contributed by atoms with E-state index in [1.165, 1.54) is 0 Å². The zero-order valence-electron chi connectivity index (χ0n) is 11.7. The molecule has 4 heteroatoms. The fourth-order valence-electron chi connectivity index (χ4n) is 3.36. The maximum Gasteiger partial charge on any atom is 0.233 e. The van der Waals surface area contributed by atoms with E-state index < -0.39 is 11.0 Å². The standard InChI is InChI=1S/C16H20ClNO2/c1-15(20)8-9-18(11-15)14(19)16(6-3-7-16)12-4-2-5-13(17)10-12/h2,4-5,10,20H,3,6-9,11H2,1H3. The molecule has 2 aliphatic rings. The first-order valence-corrected chi connectivity index (χ1v) is 7.59. The Morgan fingerprint density at radius 1 is 1.35 bits per heavy atom. The summed E-state index contributed by atoms with van der Waals surface area (Å²) in [5.41, 5.74) is -0.131. The van der Waals surface area contributed by atoms with Gasteiger partial charge in [-0.05, 0) is 43.9 Å². The van der Waals surface area contributed by atoms with Gasteiger partial charge in [-0.1, -0.05) is 30.2 Å². The largest absolute Gasteiger partial charge is 0.388 e. The Morgan fingerprint density at radius 2 is 2.10 bits per heavy atom. The summed E-state index contributed by atoms with van der Waals surface area (Å²) in [6, 6.07) is 7.65. The van der Waals surface area contributed by atoms with Crippen molar-refractivity contribution >= 4 is 17.5 Å². The molecule has 1 saturated heterocycles. The molecule has 0 spiro atoms. The highest BCUT2D eigenvalue weighted by atomic mass is 35.5. The summed E-state index contributed by atoms with van der Waals surface area (Å²) < 4.78 is 0. The summed E-state index contributed by atoms with van der Waals surface area (Å²) in [6.07, 6.45) is 3.49. The maximum atomic E-state index is 12.9. The van der Waals surface area contributed by atoms with Gasteiger partial charge in [0.1, 0.15) is 0 Å². The van der Waals surface area contributed by atoms with E-state index >= 15 is 0 Å². The van der Waals surface area contributed by atoms with Gasteiger partial charge in [0.2, 0.25) is 5.91 Å². The topological polar surface area (TPSA) is 40.5 Å². The Hall–Kier alpha value is -1.06. The van der Waals surface area contributed by atoms with Crippen molar-refractivity contribution in [3.05, 3.63) is 34.9 Å². The number of hydrogen-bond acceptors (Lipinski definition) is 2. The Bertz CT molecular complexity index is 537.